The Morgan fingerprint density at radius 1 is 1.13 bits per heavy atom. The zero-order valence-electron chi connectivity index (χ0n) is 16.9. The van der Waals surface area contributed by atoms with Gasteiger partial charge in [-0.05, 0) is 73.5 Å². The van der Waals surface area contributed by atoms with Crippen LogP contribution in [0.4, 0.5) is 0 Å². The molecule has 0 spiro atoms. The van der Waals surface area contributed by atoms with Gasteiger partial charge in [0.1, 0.15) is 0 Å². The number of hydrogen-bond donors (Lipinski definition) is 0. The second-order valence-corrected chi connectivity index (χ2v) is 9.48. The van der Waals surface area contributed by atoms with Crippen LogP contribution in [0.15, 0.2) is 12.2 Å². The number of rotatable bonds is 8. The first-order chi connectivity index (χ1) is 10.8. The number of allylic oxidation sites excluding steroid dienone is 1. The molecule has 0 aromatic heterocycles. The monoisotopic (exact) mass is 318 g/mol. The van der Waals surface area contributed by atoms with Gasteiger partial charge in [-0.15, -0.1) is 0 Å². The lowest BCUT2D eigenvalue weighted by atomic mass is 9.64. The minimum absolute atomic E-state index is 0.540. The van der Waals surface area contributed by atoms with E-state index in [0.29, 0.717) is 10.8 Å². The van der Waals surface area contributed by atoms with Crippen molar-refractivity contribution in [3.63, 3.8) is 0 Å². The van der Waals surface area contributed by atoms with Crippen molar-refractivity contribution in [2.24, 2.45) is 34.5 Å². The average Bonchev–Trinajstić information content (AvgIpc) is 2.97. The normalized spacial score (nSPS) is 39.2. The molecule has 2 rings (SSSR count). The Hall–Kier alpha value is -0.260. The molecule has 23 heavy (non-hydrogen) atoms. The van der Waals surface area contributed by atoms with Gasteiger partial charge in [-0.2, -0.15) is 0 Å². The first kappa shape index (κ1) is 19.1. The molecule has 2 fully saturated rings. The van der Waals surface area contributed by atoms with Crippen LogP contribution >= 0.6 is 0 Å². The van der Waals surface area contributed by atoms with E-state index < -0.39 is 0 Å². The topological polar surface area (TPSA) is 0 Å². The molecule has 0 heteroatoms. The third kappa shape index (κ3) is 3.29. The third-order valence-electron chi connectivity index (χ3n) is 7.99. The molecule has 0 aromatic carbocycles. The fourth-order valence-corrected chi connectivity index (χ4v) is 6.96. The first-order valence-corrected chi connectivity index (χ1v) is 10.5. The molecule has 2 aliphatic rings. The van der Waals surface area contributed by atoms with Gasteiger partial charge in [0, 0.05) is 0 Å². The van der Waals surface area contributed by atoms with Crippen LogP contribution in [0.3, 0.4) is 0 Å². The minimum Gasteiger partial charge on any atom is -0.0998 e. The Balaban J connectivity index is 2.30. The summed E-state index contributed by atoms with van der Waals surface area (Å²) < 4.78 is 0. The van der Waals surface area contributed by atoms with Crippen molar-refractivity contribution in [2.75, 3.05) is 0 Å². The van der Waals surface area contributed by atoms with Crippen molar-refractivity contribution in [1.82, 2.24) is 0 Å². The Kier molecular flexibility index (Phi) is 6.07. The highest BCUT2D eigenvalue weighted by Gasteiger charge is 2.59. The van der Waals surface area contributed by atoms with Crippen molar-refractivity contribution < 1.29 is 0 Å². The number of unbranched alkanes of at least 4 members (excludes halogenated alkanes) is 1. The molecule has 0 amide bonds. The summed E-state index contributed by atoms with van der Waals surface area (Å²) in [7, 11) is 0. The van der Waals surface area contributed by atoms with E-state index in [1.165, 1.54) is 63.4 Å². The lowest BCUT2D eigenvalue weighted by Crippen LogP contribution is -2.32. The second kappa shape index (κ2) is 7.32. The van der Waals surface area contributed by atoms with Gasteiger partial charge in [-0.25, -0.2) is 0 Å². The maximum Gasteiger partial charge on any atom is -0.0152 e. The van der Waals surface area contributed by atoms with Crippen LogP contribution in [0.1, 0.15) is 99.3 Å². The van der Waals surface area contributed by atoms with Crippen LogP contribution in [0.25, 0.3) is 0 Å². The van der Waals surface area contributed by atoms with Crippen molar-refractivity contribution >= 4 is 0 Å². The van der Waals surface area contributed by atoms with Gasteiger partial charge >= 0.3 is 0 Å². The smallest absolute Gasteiger partial charge is 0.0152 e. The predicted octanol–water partition coefficient (Wildman–Crippen LogP) is 7.64. The van der Waals surface area contributed by atoms with Crippen molar-refractivity contribution in [2.45, 2.75) is 99.3 Å². The SMILES string of the molecule is C=C(C)C1CCC2C(CC)C(C(C)(CCC)CCCC)CC12C. The van der Waals surface area contributed by atoms with Crippen LogP contribution in [-0.4, -0.2) is 0 Å². The quantitative estimate of drug-likeness (QED) is 0.403. The lowest BCUT2D eigenvalue weighted by Gasteiger charge is -2.41. The van der Waals surface area contributed by atoms with Crippen LogP contribution in [0.2, 0.25) is 0 Å². The molecular formula is C23H42. The number of fused-ring (bicyclic) bond motifs is 1. The van der Waals surface area contributed by atoms with E-state index in [-0.39, 0.29) is 0 Å². The second-order valence-electron chi connectivity index (χ2n) is 9.48. The Labute approximate surface area is 146 Å². The Bertz CT molecular complexity index is 408. The molecule has 0 N–H and O–H groups in total. The molecule has 0 aromatic rings. The van der Waals surface area contributed by atoms with Gasteiger partial charge in [-0.3, -0.25) is 0 Å². The van der Waals surface area contributed by atoms with Crippen LogP contribution in [0, 0.1) is 34.5 Å². The van der Waals surface area contributed by atoms with E-state index in [1.807, 2.05) is 0 Å². The van der Waals surface area contributed by atoms with E-state index in [1.54, 1.807) is 0 Å². The summed E-state index contributed by atoms with van der Waals surface area (Å²) in [5.74, 6) is 3.63. The highest BCUT2D eigenvalue weighted by molar-refractivity contribution is 5.15. The summed E-state index contributed by atoms with van der Waals surface area (Å²) in [6.07, 6.45) is 12.7. The van der Waals surface area contributed by atoms with Gasteiger partial charge in [0.15, 0.2) is 0 Å². The minimum atomic E-state index is 0.540. The maximum absolute atomic E-state index is 4.37. The van der Waals surface area contributed by atoms with Crippen LogP contribution in [-0.2, 0) is 0 Å². The zero-order valence-corrected chi connectivity index (χ0v) is 16.9. The molecule has 6 atom stereocenters. The largest absolute Gasteiger partial charge is 0.0998 e. The Morgan fingerprint density at radius 2 is 1.83 bits per heavy atom. The van der Waals surface area contributed by atoms with Crippen molar-refractivity contribution in [1.29, 1.82) is 0 Å². The fourth-order valence-electron chi connectivity index (χ4n) is 6.96. The lowest BCUT2D eigenvalue weighted by molar-refractivity contribution is 0.0925. The van der Waals surface area contributed by atoms with Crippen LogP contribution < -0.4 is 0 Å². The van der Waals surface area contributed by atoms with Gasteiger partial charge in [0.05, 0.1) is 0 Å². The standard InChI is InChI=1S/C23H42/c1-8-11-15-22(6,14-9-2)21-16-23(7)19(17(4)5)12-13-20(23)18(21)10-3/h18-21H,4,8-16H2,1-3,5-7H3. The summed E-state index contributed by atoms with van der Waals surface area (Å²) in [6.45, 7) is 19.1. The fraction of sp³-hybridized carbons (Fsp3) is 0.913. The molecule has 134 valence electrons. The zero-order chi connectivity index (χ0) is 17.3. The molecule has 2 aliphatic carbocycles. The molecule has 2 saturated carbocycles. The van der Waals surface area contributed by atoms with Gasteiger partial charge in [0.2, 0.25) is 0 Å². The molecule has 0 bridgehead atoms. The van der Waals surface area contributed by atoms with Gasteiger partial charge in [-0.1, -0.05) is 72.5 Å². The summed E-state index contributed by atoms with van der Waals surface area (Å²) in [5.41, 5.74) is 2.56. The summed E-state index contributed by atoms with van der Waals surface area (Å²) in [5, 5.41) is 0. The van der Waals surface area contributed by atoms with Gasteiger partial charge in [0.25, 0.3) is 0 Å². The predicted molar refractivity (Wildman–Crippen MR) is 104 cm³/mol. The van der Waals surface area contributed by atoms with Crippen molar-refractivity contribution in [3.05, 3.63) is 12.2 Å². The van der Waals surface area contributed by atoms with E-state index in [9.17, 15) is 0 Å². The molecule has 6 unspecified atom stereocenters. The molecule has 0 aliphatic heterocycles. The van der Waals surface area contributed by atoms with Gasteiger partial charge < -0.3 is 0 Å². The van der Waals surface area contributed by atoms with E-state index in [0.717, 1.165) is 23.7 Å². The summed E-state index contributed by atoms with van der Waals surface area (Å²) >= 11 is 0. The van der Waals surface area contributed by atoms with Crippen LogP contribution in [0.5, 0.6) is 0 Å². The highest BCUT2D eigenvalue weighted by atomic mass is 14.6. The Morgan fingerprint density at radius 3 is 2.35 bits per heavy atom. The van der Waals surface area contributed by atoms with Crippen molar-refractivity contribution in [3.8, 4) is 0 Å². The molecular weight excluding hydrogens is 276 g/mol. The maximum atomic E-state index is 4.37. The number of hydrogen-bond acceptors (Lipinski definition) is 0. The molecule has 0 heterocycles. The third-order valence-corrected chi connectivity index (χ3v) is 7.99. The average molecular weight is 319 g/mol. The highest BCUT2D eigenvalue weighted by Crippen LogP contribution is 2.67. The molecule has 0 saturated heterocycles. The van der Waals surface area contributed by atoms with E-state index >= 15 is 0 Å². The summed E-state index contributed by atoms with van der Waals surface area (Å²) in [6, 6.07) is 0. The summed E-state index contributed by atoms with van der Waals surface area (Å²) in [4.78, 5) is 0. The van der Waals surface area contributed by atoms with E-state index in [4.69, 9.17) is 0 Å². The van der Waals surface area contributed by atoms with E-state index in [2.05, 4.69) is 48.1 Å². The molecule has 0 nitrogen and oxygen atoms in total. The first-order valence-electron chi connectivity index (χ1n) is 10.5. The molecule has 0 radical (unpaired) electrons.